The highest BCUT2D eigenvalue weighted by Gasteiger charge is 2.14. The van der Waals surface area contributed by atoms with E-state index in [9.17, 15) is 9.00 Å². The first kappa shape index (κ1) is 19.4. The van der Waals surface area contributed by atoms with E-state index in [4.69, 9.17) is 10.5 Å². The number of nitrogen functional groups attached to an aromatic ring is 1. The molecule has 130 valence electrons. The van der Waals surface area contributed by atoms with Crippen molar-refractivity contribution >= 4 is 22.6 Å². The summed E-state index contributed by atoms with van der Waals surface area (Å²) in [5, 5.41) is 5.94. The molecule has 0 aliphatic rings. The van der Waals surface area contributed by atoms with E-state index in [1.807, 2.05) is 39.0 Å². The Balaban J connectivity index is 2.39. The minimum absolute atomic E-state index is 0.284. The molecular weight excluding hydrogens is 314 g/mol. The molecule has 4 N–H and O–H groups in total. The summed E-state index contributed by atoms with van der Waals surface area (Å²) in [4.78, 5) is 11.5. The number of alkyl carbamates (subject to hydrolysis) is 1. The molecule has 0 aromatic heterocycles. The van der Waals surface area contributed by atoms with Crippen LogP contribution in [0.15, 0.2) is 18.2 Å². The van der Waals surface area contributed by atoms with Gasteiger partial charge < -0.3 is 21.1 Å². The van der Waals surface area contributed by atoms with Gasteiger partial charge in [-0.3, -0.25) is 4.21 Å². The third-order valence-corrected chi connectivity index (χ3v) is 3.61. The maximum Gasteiger partial charge on any atom is 0.407 e. The molecule has 1 amide bonds. The van der Waals surface area contributed by atoms with Crippen molar-refractivity contribution in [2.24, 2.45) is 0 Å². The molecule has 1 atom stereocenters. The summed E-state index contributed by atoms with van der Waals surface area (Å²) in [6.45, 7) is 7.12. The highest BCUT2D eigenvalue weighted by Crippen LogP contribution is 2.15. The second-order valence-corrected chi connectivity index (χ2v) is 7.87. The average molecular weight is 341 g/mol. The quantitative estimate of drug-likeness (QED) is 0.519. The minimum atomic E-state index is -0.921. The molecule has 0 radical (unpaired) electrons. The number of amides is 1. The fraction of sp³-hybridized carbons (Fsp3) is 0.562. The molecule has 1 aromatic carbocycles. The van der Waals surface area contributed by atoms with Gasteiger partial charge in [0.05, 0.1) is 0 Å². The van der Waals surface area contributed by atoms with Crippen molar-refractivity contribution in [3.8, 4) is 0 Å². The zero-order valence-electron chi connectivity index (χ0n) is 14.3. The van der Waals surface area contributed by atoms with Crippen LogP contribution in [0.5, 0.6) is 0 Å². The fourth-order valence-electron chi connectivity index (χ4n) is 1.95. The molecule has 0 heterocycles. The lowest BCUT2D eigenvalue weighted by molar-refractivity contribution is 0.138. The van der Waals surface area contributed by atoms with Crippen LogP contribution in [0.1, 0.15) is 31.9 Å². The van der Waals surface area contributed by atoms with Crippen LogP contribution in [0.2, 0.25) is 0 Å². The van der Waals surface area contributed by atoms with Crippen LogP contribution in [-0.2, 0) is 27.8 Å². The van der Waals surface area contributed by atoms with E-state index in [-0.39, 0.29) is 12.1 Å². The molecule has 0 spiro atoms. The third-order valence-electron chi connectivity index (χ3n) is 2.89. The molecule has 0 saturated carbocycles. The zero-order chi connectivity index (χ0) is 17.5. The lowest BCUT2D eigenvalue weighted by Crippen LogP contribution is -2.41. The Morgan fingerprint density at radius 1 is 1.30 bits per heavy atom. The number of rotatable bonds is 7. The van der Waals surface area contributed by atoms with Crippen molar-refractivity contribution in [2.75, 3.05) is 25.1 Å². The molecule has 1 aromatic rings. The average Bonchev–Trinajstić information content (AvgIpc) is 2.37. The zero-order valence-corrected chi connectivity index (χ0v) is 15.1. The maximum atomic E-state index is 11.5. The lowest BCUT2D eigenvalue weighted by Gasteiger charge is -2.20. The second-order valence-electron chi connectivity index (χ2n) is 6.43. The van der Waals surface area contributed by atoms with Gasteiger partial charge in [-0.25, -0.2) is 4.79 Å². The Morgan fingerprint density at radius 2 is 2.00 bits per heavy atom. The van der Waals surface area contributed by atoms with Crippen LogP contribution in [0, 0.1) is 0 Å². The number of anilines is 1. The lowest BCUT2D eigenvalue weighted by atomic mass is 10.1. The summed E-state index contributed by atoms with van der Waals surface area (Å²) in [6.07, 6.45) is 1.25. The normalized spacial score (nSPS) is 12.7. The van der Waals surface area contributed by atoms with Gasteiger partial charge in [-0.05, 0) is 44.0 Å². The number of nitrogens with one attached hydrogen (secondary N) is 2. The molecule has 0 bridgehead atoms. The Bertz CT molecular complexity index is 556. The number of carbonyl (C=O) groups is 1. The molecule has 0 saturated heterocycles. The van der Waals surface area contributed by atoms with E-state index in [2.05, 4.69) is 10.6 Å². The van der Waals surface area contributed by atoms with Gasteiger partial charge in [-0.2, -0.15) is 0 Å². The second kappa shape index (κ2) is 8.88. The van der Waals surface area contributed by atoms with Crippen molar-refractivity contribution < 1.29 is 13.7 Å². The van der Waals surface area contributed by atoms with Gasteiger partial charge in [0, 0.05) is 47.1 Å². The van der Waals surface area contributed by atoms with E-state index in [0.29, 0.717) is 24.5 Å². The number of carbonyl (C=O) groups excluding carboxylic acids is 1. The molecule has 6 nitrogen and oxygen atoms in total. The van der Waals surface area contributed by atoms with E-state index < -0.39 is 16.9 Å². The summed E-state index contributed by atoms with van der Waals surface area (Å²) in [5.41, 5.74) is 8.16. The third kappa shape index (κ3) is 8.56. The van der Waals surface area contributed by atoms with Gasteiger partial charge in [0.15, 0.2) is 0 Å². The van der Waals surface area contributed by atoms with Gasteiger partial charge >= 0.3 is 6.09 Å². The van der Waals surface area contributed by atoms with E-state index in [1.165, 1.54) is 0 Å². The molecular formula is C16H27N3O3S. The van der Waals surface area contributed by atoms with E-state index >= 15 is 0 Å². The topological polar surface area (TPSA) is 93.5 Å². The van der Waals surface area contributed by atoms with Crippen molar-refractivity contribution in [2.45, 2.75) is 38.6 Å². The van der Waals surface area contributed by atoms with Gasteiger partial charge in [0.25, 0.3) is 0 Å². The Kier molecular flexibility index (Phi) is 7.51. The van der Waals surface area contributed by atoms with Crippen LogP contribution in [0.25, 0.3) is 0 Å². The number of hydrogen-bond donors (Lipinski definition) is 3. The standard InChI is InChI=1S/C16H27N3O3S/c1-16(2,3)19-15(20)22-8-7-18-10-12-5-6-14(17)9-13(12)11-23(4)21/h5-6,9,18H,7-8,10-11,17H2,1-4H3,(H,19,20). The fourth-order valence-corrected chi connectivity index (χ4v) is 2.66. The molecule has 1 rings (SSSR count). The van der Waals surface area contributed by atoms with Gasteiger partial charge in [-0.15, -0.1) is 0 Å². The van der Waals surface area contributed by atoms with Gasteiger partial charge in [0.1, 0.15) is 6.61 Å². The molecule has 0 aliphatic carbocycles. The summed E-state index contributed by atoms with van der Waals surface area (Å²) in [5.74, 6) is 0.479. The summed E-state index contributed by atoms with van der Waals surface area (Å²) in [7, 11) is -0.921. The van der Waals surface area contributed by atoms with Crippen LogP contribution >= 0.6 is 0 Å². The predicted molar refractivity (Wildman–Crippen MR) is 94.6 cm³/mol. The first-order valence-corrected chi connectivity index (χ1v) is 9.23. The summed E-state index contributed by atoms with van der Waals surface area (Å²) < 4.78 is 16.5. The van der Waals surface area contributed by atoms with E-state index in [1.54, 1.807) is 6.26 Å². The van der Waals surface area contributed by atoms with Crippen molar-refractivity contribution in [1.82, 2.24) is 10.6 Å². The highest BCUT2D eigenvalue weighted by atomic mass is 32.2. The van der Waals surface area contributed by atoms with Crippen molar-refractivity contribution in [3.63, 3.8) is 0 Å². The van der Waals surface area contributed by atoms with Crippen LogP contribution in [0.3, 0.4) is 0 Å². The summed E-state index contributed by atoms with van der Waals surface area (Å²) in [6, 6.07) is 5.61. The van der Waals surface area contributed by atoms with Crippen LogP contribution in [0.4, 0.5) is 10.5 Å². The Morgan fingerprint density at radius 3 is 2.61 bits per heavy atom. The summed E-state index contributed by atoms with van der Waals surface area (Å²) >= 11 is 0. The van der Waals surface area contributed by atoms with Gasteiger partial charge in [0.2, 0.25) is 0 Å². The molecule has 23 heavy (non-hydrogen) atoms. The molecule has 1 unspecified atom stereocenters. The van der Waals surface area contributed by atoms with Gasteiger partial charge in [-0.1, -0.05) is 6.07 Å². The monoisotopic (exact) mass is 341 g/mol. The minimum Gasteiger partial charge on any atom is -0.448 e. The number of nitrogens with two attached hydrogens (primary N) is 1. The Hall–Kier alpha value is -1.60. The highest BCUT2D eigenvalue weighted by molar-refractivity contribution is 7.83. The molecule has 0 aliphatic heterocycles. The molecule has 0 fully saturated rings. The number of ether oxygens (including phenoxy) is 1. The Labute approximate surface area is 140 Å². The van der Waals surface area contributed by atoms with Crippen LogP contribution < -0.4 is 16.4 Å². The van der Waals surface area contributed by atoms with E-state index in [0.717, 1.165) is 11.1 Å². The number of benzene rings is 1. The van der Waals surface area contributed by atoms with Crippen molar-refractivity contribution in [3.05, 3.63) is 29.3 Å². The largest absolute Gasteiger partial charge is 0.448 e. The first-order valence-electron chi connectivity index (χ1n) is 7.50. The first-order chi connectivity index (χ1) is 10.7. The van der Waals surface area contributed by atoms with Crippen LogP contribution in [-0.4, -0.2) is 35.2 Å². The maximum absolute atomic E-state index is 11.5. The smallest absolute Gasteiger partial charge is 0.407 e. The predicted octanol–water partition coefficient (Wildman–Crippen LogP) is 1.76. The number of hydrogen-bond acceptors (Lipinski definition) is 5. The SMILES string of the molecule is CS(=O)Cc1cc(N)ccc1CNCCOC(=O)NC(C)(C)C. The van der Waals surface area contributed by atoms with Crippen molar-refractivity contribution in [1.29, 1.82) is 0 Å². The molecule has 7 heteroatoms.